The fourth-order valence-corrected chi connectivity index (χ4v) is 3.64. The fourth-order valence-electron chi connectivity index (χ4n) is 2.63. The summed E-state index contributed by atoms with van der Waals surface area (Å²) in [7, 11) is -3.28. The van der Waals surface area contributed by atoms with Gasteiger partial charge in [-0.15, -0.1) is 24.0 Å². The van der Waals surface area contributed by atoms with E-state index < -0.39 is 10.0 Å². The van der Waals surface area contributed by atoms with Crippen LogP contribution in [-0.4, -0.2) is 39.8 Å². The van der Waals surface area contributed by atoms with Crippen molar-refractivity contribution in [1.82, 2.24) is 15.4 Å². The number of benzene rings is 1. The summed E-state index contributed by atoms with van der Waals surface area (Å²) in [6.07, 6.45) is 3.42. The Morgan fingerprint density at radius 2 is 2.04 bits per heavy atom. The van der Waals surface area contributed by atoms with Crippen molar-refractivity contribution in [2.45, 2.75) is 39.7 Å². The molecule has 154 valence electrons. The minimum atomic E-state index is -3.28. The SMILES string of the molecule is CCNC(=NCc1ccc(F)c(C)c1)NCCS(=O)(=O)NCC1CCC1.I. The van der Waals surface area contributed by atoms with E-state index >= 15 is 0 Å². The molecule has 0 aromatic heterocycles. The average molecular weight is 512 g/mol. The maximum absolute atomic E-state index is 13.3. The van der Waals surface area contributed by atoms with Crippen molar-refractivity contribution < 1.29 is 12.8 Å². The van der Waals surface area contributed by atoms with Gasteiger partial charge in [0, 0.05) is 19.6 Å². The molecule has 3 N–H and O–H groups in total. The van der Waals surface area contributed by atoms with E-state index in [1.54, 1.807) is 19.1 Å². The Hall–Kier alpha value is -0.940. The molecule has 1 saturated carbocycles. The van der Waals surface area contributed by atoms with E-state index in [0.717, 1.165) is 18.4 Å². The summed E-state index contributed by atoms with van der Waals surface area (Å²) in [5.41, 5.74) is 1.48. The van der Waals surface area contributed by atoms with Crippen molar-refractivity contribution in [1.29, 1.82) is 0 Å². The van der Waals surface area contributed by atoms with Crippen LogP contribution in [0.1, 0.15) is 37.3 Å². The first-order valence-corrected chi connectivity index (χ1v) is 10.8. The molecule has 6 nitrogen and oxygen atoms in total. The second kappa shape index (κ2) is 11.8. The zero-order valence-corrected chi connectivity index (χ0v) is 19.1. The van der Waals surface area contributed by atoms with Crippen LogP contribution < -0.4 is 15.4 Å². The summed E-state index contributed by atoms with van der Waals surface area (Å²) < 4.78 is 40.0. The standard InChI is InChI=1S/C18H29FN4O2S.HI/c1-3-20-18(22-12-16-7-8-17(19)14(2)11-16)21-9-10-26(24,25)23-13-15-5-4-6-15;/h7-8,11,15,23H,3-6,9-10,12-13H2,1-2H3,(H2,20,21,22);1H. The van der Waals surface area contributed by atoms with Gasteiger partial charge in [0.1, 0.15) is 5.82 Å². The summed E-state index contributed by atoms with van der Waals surface area (Å²) >= 11 is 0. The largest absolute Gasteiger partial charge is 0.357 e. The highest BCUT2D eigenvalue weighted by molar-refractivity contribution is 14.0. The highest BCUT2D eigenvalue weighted by atomic mass is 127. The molecule has 9 heteroatoms. The molecular weight excluding hydrogens is 482 g/mol. The van der Waals surface area contributed by atoms with Crippen LogP contribution in [-0.2, 0) is 16.6 Å². The van der Waals surface area contributed by atoms with Gasteiger partial charge in [0.15, 0.2) is 5.96 Å². The molecule has 0 saturated heterocycles. The summed E-state index contributed by atoms with van der Waals surface area (Å²) in [5, 5.41) is 6.12. The third-order valence-corrected chi connectivity index (χ3v) is 5.81. The van der Waals surface area contributed by atoms with Crippen LogP contribution in [0.25, 0.3) is 0 Å². The van der Waals surface area contributed by atoms with Gasteiger partial charge in [-0.3, -0.25) is 0 Å². The van der Waals surface area contributed by atoms with Crippen molar-refractivity contribution in [2.75, 3.05) is 25.4 Å². The van der Waals surface area contributed by atoms with Crippen LogP contribution in [0.4, 0.5) is 4.39 Å². The summed E-state index contributed by atoms with van der Waals surface area (Å²) in [6.45, 7) is 5.53. The van der Waals surface area contributed by atoms with Gasteiger partial charge in [0.05, 0.1) is 12.3 Å². The third-order valence-electron chi connectivity index (χ3n) is 4.47. The van der Waals surface area contributed by atoms with E-state index in [9.17, 15) is 12.8 Å². The molecule has 0 heterocycles. The van der Waals surface area contributed by atoms with Crippen molar-refractivity contribution in [2.24, 2.45) is 10.9 Å². The van der Waals surface area contributed by atoms with Crippen LogP contribution >= 0.6 is 24.0 Å². The Bertz CT molecular complexity index is 724. The predicted octanol–water partition coefficient (Wildman–Crippen LogP) is 2.53. The second-order valence-corrected chi connectivity index (χ2v) is 8.60. The lowest BCUT2D eigenvalue weighted by molar-refractivity contribution is 0.316. The molecular formula is C18H30FIN4O2S. The zero-order chi connectivity index (χ0) is 19.0. The summed E-state index contributed by atoms with van der Waals surface area (Å²) in [4.78, 5) is 4.43. The van der Waals surface area contributed by atoms with E-state index in [1.165, 1.54) is 12.5 Å². The van der Waals surface area contributed by atoms with Gasteiger partial charge in [0.2, 0.25) is 10.0 Å². The maximum Gasteiger partial charge on any atom is 0.213 e. The minimum absolute atomic E-state index is 0. The van der Waals surface area contributed by atoms with Crippen LogP contribution in [0.3, 0.4) is 0 Å². The number of aliphatic imine (C=N–C) groups is 1. The van der Waals surface area contributed by atoms with Gasteiger partial charge >= 0.3 is 0 Å². The molecule has 2 rings (SSSR count). The molecule has 1 aliphatic rings. The van der Waals surface area contributed by atoms with Crippen LogP contribution in [0.2, 0.25) is 0 Å². The molecule has 1 aromatic carbocycles. The summed E-state index contributed by atoms with van der Waals surface area (Å²) in [6, 6.07) is 4.89. The van der Waals surface area contributed by atoms with Gasteiger partial charge in [-0.25, -0.2) is 22.5 Å². The Morgan fingerprint density at radius 3 is 2.63 bits per heavy atom. The summed E-state index contributed by atoms with van der Waals surface area (Å²) in [5.74, 6) is 0.807. The third kappa shape index (κ3) is 8.73. The van der Waals surface area contributed by atoms with E-state index in [-0.39, 0.29) is 42.1 Å². The molecule has 0 amide bonds. The van der Waals surface area contributed by atoms with E-state index in [2.05, 4.69) is 20.3 Å². The minimum Gasteiger partial charge on any atom is -0.357 e. The number of rotatable bonds is 9. The van der Waals surface area contributed by atoms with Crippen LogP contribution in [0.15, 0.2) is 23.2 Å². The molecule has 0 bridgehead atoms. The second-order valence-electron chi connectivity index (χ2n) is 6.67. The molecule has 0 radical (unpaired) electrons. The molecule has 0 atom stereocenters. The number of aryl methyl sites for hydroxylation is 1. The lowest BCUT2D eigenvalue weighted by atomic mass is 9.86. The fraction of sp³-hybridized carbons (Fsp3) is 0.611. The maximum atomic E-state index is 13.3. The first-order chi connectivity index (χ1) is 12.4. The van der Waals surface area contributed by atoms with E-state index in [0.29, 0.717) is 37.1 Å². The quantitative estimate of drug-likeness (QED) is 0.270. The van der Waals surface area contributed by atoms with Crippen LogP contribution in [0.5, 0.6) is 0 Å². The number of guanidine groups is 1. The highest BCUT2D eigenvalue weighted by Gasteiger charge is 2.20. The van der Waals surface area contributed by atoms with Crippen molar-refractivity contribution in [3.63, 3.8) is 0 Å². The van der Waals surface area contributed by atoms with E-state index in [4.69, 9.17) is 0 Å². The smallest absolute Gasteiger partial charge is 0.213 e. The number of hydrogen-bond donors (Lipinski definition) is 3. The first kappa shape index (κ1) is 24.1. The van der Waals surface area contributed by atoms with E-state index in [1.807, 2.05) is 6.92 Å². The number of halogens is 2. The lowest BCUT2D eigenvalue weighted by Gasteiger charge is -2.25. The Balaban J connectivity index is 0.00000364. The first-order valence-electron chi connectivity index (χ1n) is 9.14. The molecule has 1 aromatic rings. The van der Waals surface area contributed by atoms with Gasteiger partial charge in [-0.2, -0.15) is 0 Å². The molecule has 0 unspecified atom stereocenters. The molecule has 1 aliphatic carbocycles. The molecule has 27 heavy (non-hydrogen) atoms. The highest BCUT2D eigenvalue weighted by Crippen LogP contribution is 2.25. The van der Waals surface area contributed by atoms with Crippen LogP contribution in [0, 0.1) is 18.7 Å². The number of nitrogens with one attached hydrogen (secondary N) is 3. The number of nitrogens with zero attached hydrogens (tertiary/aromatic N) is 1. The van der Waals surface area contributed by atoms with Gasteiger partial charge < -0.3 is 10.6 Å². The van der Waals surface area contributed by atoms with Gasteiger partial charge in [-0.1, -0.05) is 18.6 Å². The zero-order valence-electron chi connectivity index (χ0n) is 15.9. The molecule has 0 spiro atoms. The monoisotopic (exact) mass is 512 g/mol. The lowest BCUT2D eigenvalue weighted by Crippen LogP contribution is -2.42. The number of sulfonamides is 1. The van der Waals surface area contributed by atoms with Gasteiger partial charge in [0.25, 0.3) is 0 Å². The molecule has 1 fully saturated rings. The Morgan fingerprint density at radius 1 is 1.30 bits per heavy atom. The predicted molar refractivity (Wildman–Crippen MR) is 119 cm³/mol. The van der Waals surface area contributed by atoms with Crippen molar-refractivity contribution in [3.8, 4) is 0 Å². The Kier molecular flexibility index (Phi) is 10.5. The normalized spacial score (nSPS) is 15.0. The van der Waals surface area contributed by atoms with Gasteiger partial charge in [-0.05, 0) is 49.8 Å². The van der Waals surface area contributed by atoms with Crippen molar-refractivity contribution in [3.05, 3.63) is 35.1 Å². The number of hydrogen-bond acceptors (Lipinski definition) is 3. The average Bonchev–Trinajstić information content (AvgIpc) is 2.54. The molecule has 0 aliphatic heterocycles. The Labute approximate surface area is 178 Å². The topological polar surface area (TPSA) is 82.6 Å². The van der Waals surface area contributed by atoms with Crippen molar-refractivity contribution >= 4 is 40.0 Å².